The monoisotopic (exact) mass is 224 g/mol. The highest BCUT2D eigenvalue weighted by Gasteiger charge is 2.03. The molecule has 4 heteroatoms. The number of hydrogen-bond acceptors (Lipinski definition) is 2. The second-order valence-electron chi connectivity index (χ2n) is 2.08. The van der Waals surface area contributed by atoms with Crippen LogP contribution in [-0.4, -0.2) is 5.91 Å². The van der Waals surface area contributed by atoms with E-state index in [0.29, 0.717) is 5.56 Å². The molecule has 0 atom stereocenters. The van der Waals surface area contributed by atoms with Gasteiger partial charge in [0.1, 0.15) is 0 Å². The van der Waals surface area contributed by atoms with Gasteiger partial charge in [0.25, 0.3) is 5.91 Å². The number of rotatable bonds is 1. The van der Waals surface area contributed by atoms with Crippen LogP contribution in [-0.2, 0) is 0 Å². The number of nitriles is 1. The molecule has 3 nitrogen and oxygen atoms in total. The third kappa shape index (κ3) is 2.07. The summed E-state index contributed by atoms with van der Waals surface area (Å²) in [5.74, 6) is -0.390. The van der Waals surface area contributed by atoms with Crippen LogP contribution in [0.2, 0.25) is 0 Å². The van der Waals surface area contributed by atoms with Gasteiger partial charge < -0.3 is 0 Å². The maximum atomic E-state index is 11.0. The average molecular weight is 225 g/mol. The third-order valence-corrected chi connectivity index (χ3v) is 1.75. The van der Waals surface area contributed by atoms with Crippen molar-refractivity contribution in [1.29, 1.82) is 5.26 Å². The Kier molecular flexibility index (Phi) is 2.83. The SMILES string of the molecule is N#CNC(=O)c1cccc(Br)c1. The fraction of sp³-hybridized carbons (Fsp3) is 0. The smallest absolute Gasteiger partial charge is 0.264 e. The Morgan fingerprint density at radius 1 is 1.58 bits per heavy atom. The van der Waals surface area contributed by atoms with Gasteiger partial charge in [0.05, 0.1) is 0 Å². The Morgan fingerprint density at radius 3 is 2.92 bits per heavy atom. The number of carbonyl (C=O) groups is 1. The first kappa shape index (κ1) is 8.75. The molecule has 0 saturated heterocycles. The second-order valence-corrected chi connectivity index (χ2v) is 2.99. The normalized spacial score (nSPS) is 8.67. The molecule has 1 rings (SSSR count). The van der Waals surface area contributed by atoms with Crippen LogP contribution in [0, 0.1) is 11.5 Å². The zero-order valence-corrected chi connectivity index (χ0v) is 7.63. The Bertz CT molecular complexity index is 343. The number of halogens is 1. The van der Waals surface area contributed by atoms with Crippen molar-refractivity contribution in [2.45, 2.75) is 0 Å². The molecule has 1 aromatic rings. The summed E-state index contributed by atoms with van der Waals surface area (Å²) >= 11 is 3.22. The van der Waals surface area contributed by atoms with E-state index in [-0.39, 0.29) is 5.91 Å². The summed E-state index contributed by atoms with van der Waals surface area (Å²) in [5, 5.41) is 10.2. The molecule has 0 aromatic heterocycles. The molecular weight excluding hydrogens is 220 g/mol. The van der Waals surface area contributed by atoms with Crippen LogP contribution in [0.4, 0.5) is 0 Å². The lowest BCUT2D eigenvalue weighted by Gasteiger charge is -1.96. The van der Waals surface area contributed by atoms with Gasteiger partial charge >= 0.3 is 0 Å². The topological polar surface area (TPSA) is 52.9 Å². The van der Waals surface area contributed by atoms with Crippen molar-refractivity contribution in [2.75, 3.05) is 0 Å². The number of carbonyl (C=O) groups excluding carboxylic acids is 1. The summed E-state index contributed by atoms with van der Waals surface area (Å²) in [6.07, 6.45) is 1.57. The Labute approximate surface area is 78.1 Å². The van der Waals surface area contributed by atoms with Crippen molar-refractivity contribution in [2.24, 2.45) is 0 Å². The fourth-order valence-corrected chi connectivity index (χ4v) is 1.15. The van der Waals surface area contributed by atoms with E-state index >= 15 is 0 Å². The van der Waals surface area contributed by atoms with Gasteiger partial charge in [0, 0.05) is 10.0 Å². The molecule has 0 bridgehead atoms. The molecule has 0 heterocycles. The minimum Gasteiger partial charge on any atom is -0.268 e. The molecule has 1 aromatic carbocycles. The minimum atomic E-state index is -0.390. The average Bonchev–Trinajstić information content (AvgIpc) is 2.05. The highest BCUT2D eigenvalue weighted by molar-refractivity contribution is 9.10. The van der Waals surface area contributed by atoms with Gasteiger partial charge in [-0.1, -0.05) is 22.0 Å². The van der Waals surface area contributed by atoms with Crippen LogP contribution < -0.4 is 5.32 Å². The number of hydrogen-bond donors (Lipinski definition) is 1. The van der Waals surface area contributed by atoms with Gasteiger partial charge in [-0.2, -0.15) is 5.26 Å². The van der Waals surface area contributed by atoms with Crippen molar-refractivity contribution in [3.05, 3.63) is 34.3 Å². The maximum absolute atomic E-state index is 11.0. The van der Waals surface area contributed by atoms with E-state index < -0.39 is 0 Å². The quantitative estimate of drug-likeness (QED) is 0.583. The number of nitrogens with one attached hydrogen (secondary N) is 1. The van der Waals surface area contributed by atoms with Gasteiger partial charge in [0.2, 0.25) is 0 Å². The van der Waals surface area contributed by atoms with E-state index in [0.717, 1.165) is 4.47 Å². The number of nitrogens with zero attached hydrogens (tertiary/aromatic N) is 1. The Balaban J connectivity index is 2.90. The third-order valence-electron chi connectivity index (χ3n) is 1.26. The predicted molar refractivity (Wildman–Crippen MR) is 47.2 cm³/mol. The first-order valence-corrected chi connectivity index (χ1v) is 3.98. The van der Waals surface area contributed by atoms with Crippen LogP contribution in [0.1, 0.15) is 10.4 Å². The lowest BCUT2D eigenvalue weighted by molar-refractivity contribution is 0.0973. The molecule has 60 valence electrons. The van der Waals surface area contributed by atoms with E-state index in [9.17, 15) is 4.79 Å². The summed E-state index contributed by atoms with van der Waals surface area (Å²) in [5.41, 5.74) is 0.464. The molecule has 12 heavy (non-hydrogen) atoms. The molecule has 0 unspecified atom stereocenters. The molecule has 0 fully saturated rings. The van der Waals surface area contributed by atoms with Crippen LogP contribution >= 0.6 is 15.9 Å². The summed E-state index contributed by atoms with van der Waals surface area (Å²) < 4.78 is 0.813. The van der Waals surface area contributed by atoms with Gasteiger partial charge in [-0.3, -0.25) is 10.1 Å². The molecule has 1 amide bonds. The van der Waals surface area contributed by atoms with Gasteiger partial charge in [0.15, 0.2) is 6.19 Å². The van der Waals surface area contributed by atoms with Gasteiger partial charge in [-0.15, -0.1) is 0 Å². The van der Waals surface area contributed by atoms with Crippen molar-refractivity contribution in [3.8, 4) is 6.19 Å². The van der Waals surface area contributed by atoms with E-state index in [1.165, 1.54) is 0 Å². The molecule has 0 aliphatic heterocycles. The number of amides is 1. The van der Waals surface area contributed by atoms with Crippen molar-refractivity contribution in [3.63, 3.8) is 0 Å². The molecule has 0 spiro atoms. The van der Waals surface area contributed by atoms with Crippen molar-refractivity contribution < 1.29 is 4.79 Å². The molecule has 0 aliphatic rings. The summed E-state index contributed by atoms with van der Waals surface area (Å²) in [4.78, 5) is 11.0. The first-order valence-electron chi connectivity index (χ1n) is 3.19. The van der Waals surface area contributed by atoms with E-state index in [1.807, 2.05) is 11.4 Å². The van der Waals surface area contributed by atoms with Crippen molar-refractivity contribution in [1.82, 2.24) is 5.32 Å². The number of benzene rings is 1. The lowest BCUT2D eigenvalue weighted by Crippen LogP contribution is -2.16. The summed E-state index contributed by atoms with van der Waals surface area (Å²) in [7, 11) is 0. The second kappa shape index (κ2) is 3.88. The zero-order valence-electron chi connectivity index (χ0n) is 6.04. The van der Waals surface area contributed by atoms with Crippen LogP contribution in [0.3, 0.4) is 0 Å². The first-order chi connectivity index (χ1) is 5.74. The van der Waals surface area contributed by atoms with Crippen LogP contribution in [0.5, 0.6) is 0 Å². The molecule has 0 radical (unpaired) electrons. The fourth-order valence-electron chi connectivity index (χ4n) is 0.753. The van der Waals surface area contributed by atoms with Crippen LogP contribution in [0.25, 0.3) is 0 Å². The molecule has 0 aliphatic carbocycles. The standard InChI is InChI=1S/C8H5BrN2O/c9-7-3-1-2-6(4-7)8(12)11-5-10/h1-4H,(H,11,12). The minimum absolute atomic E-state index is 0.390. The Morgan fingerprint density at radius 2 is 2.33 bits per heavy atom. The molecular formula is C8H5BrN2O. The maximum Gasteiger partial charge on any atom is 0.264 e. The zero-order chi connectivity index (χ0) is 8.97. The van der Waals surface area contributed by atoms with E-state index in [2.05, 4.69) is 15.9 Å². The molecule has 1 N–H and O–H groups in total. The van der Waals surface area contributed by atoms with Crippen LogP contribution in [0.15, 0.2) is 28.7 Å². The van der Waals surface area contributed by atoms with E-state index in [4.69, 9.17) is 5.26 Å². The van der Waals surface area contributed by atoms with Crippen molar-refractivity contribution >= 4 is 21.8 Å². The lowest BCUT2D eigenvalue weighted by atomic mass is 10.2. The van der Waals surface area contributed by atoms with E-state index in [1.54, 1.807) is 24.4 Å². The molecule has 0 saturated carbocycles. The van der Waals surface area contributed by atoms with Gasteiger partial charge in [-0.25, -0.2) is 0 Å². The Hall–Kier alpha value is -1.34. The highest BCUT2D eigenvalue weighted by Crippen LogP contribution is 2.11. The predicted octanol–water partition coefficient (Wildman–Crippen LogP) is 1.66. The highest BCUT2D eigenvalue weighted by atomic mass is 79.9. The van der Waals surface area contributed by atoms with Gasteiger partial charge in [-0.05, 0) is 18.2 Å². The largest absolute Gasteiger partial charge is 0.268 e. The summed E-state index contributed by atoms with van der Waals surface area (Å²) in [6, 6.07) is 6.82. The summed E-state index contributed by atoms with van der Waals surface area (Å²) in [6.45, 7) is 0.